The van der Waals surface area contributed by atoms with E-state index in [2.05, 4.69) is 5.32 Å². The Balaban J connectivity index is 0.00000156. The van der Waals surface area contributed by atoms with Gasteiger partial charge in [0.05, 0.1) is 0 Å². The van der Waals surface area contributed by atoms with Crippen LogP contribution in [0, 0.1) is 0 Å². The minimum Gasteiger partial charge on any atom is -0.422 e. The number of amides is 1. The quantitative estimate of drug-likeness (QED) is 0.812. The minimum atomic E-state index is -0.550. The number of carbonyl (C=O) groups is 1. The van der Waals surface area contributed by atoms with Crippen molar-refractivity contribution >= 4 is 29.3 Å². The largest absolute Gasteiger partial charge is 0.422 e. The maximum Gasteiger partial charge on any atom is 0.349 e. The molecule has 0 spiro atoms. The van der Waals surface area contributed by atoms with Crippen molar-refractivity contribution in [3.05, 3.63) is 46.3 Å². The number of hydrogen-bond donors (Lipinski definition) is 1. The molecule has 0 saturated carbocycles. The number of carbonyl (C=O) groups excluding carboxylic acids is 1. The van der Waals surface area contributed by atoms with Crippen molar-refractivity contribution in [3.63, 3.8) is 0 Å². The van der Waals surface area contributed by atoms with Gasteiger partial charge in [0.15, 0.2) is 0 Å². The van der Waals surface area contributed by atoms with Crippen molar-refractivity contribution in [3.8, 4) is 0 Å². The van der Waals surface area contributed by atoms with Gasteiger partial charge in [-0.1, -0.05) is 18.2 Å². The average molecular weight is 335 g/mol. The topological polar surface area (TPSA) is 62.6 Å². The molecule has 0 radical (unpaired) electrons. The molecule has 4 rings (SSSR count). The van der Waals surface area contributed by atoms with Gasteiger partial charge in [-0.15, -0.1) is 12.4 Å². The molecule has 1 aromatic heterocycles. The first-order valence-electron chi connectivity index (χ1n) is 7.79. The predicted octanol–water partition coefficient (Wildman–Crippen LogP) is 2.18. The highest BCUT2D eigenvalue weighted by molar-refractivity contribution is 5.96. The van der Waals surface area contributed by atoms with E-state index in [1.165, 1.54) is 6.42 Å². The van der Waals surface area contributed by atoms with Crippen molar-refractivity contribution in [2.45, 2.75) is 31.3 Å². The summed E-state index contributed by atoms with van der Waals surface area (Å²) < 4.78 is 5.28. The Morgan fingerprint density at radius 1 is 1.17 bits per heavy atom. The van der Waals surface area contributed by atoms with E-state index in [1.807, 2.05) is 18.2 Å². The van der Waals surface area contributed by atoms with Crippen molar-refractivity contribution in [1.82, 2.24) is 10.2 Å². The number of nitrogens with zero attached hydrogens (tertiary/aromatic N) is 1. The molecule has 2 aliphatic heterocycles. The third-order valence-electron chi connectivity index (χ3n) is 4.68. The zero-order valence-corrected chi connectivity index (χ0v) is 13.5. The molecule has 2 aliphatic rings. The van der Waals surface area contributed by atoms with Gasteiger partial charge in [0, 0.05) is 30.6 Å². The smallest absolute Gasteiger partial charge is 0.349 e. The molecular weight excluding hydrogens is 316 g/mol. The SMILES string of the molecule is Cl.O=C(c1cc2ccccc2oc1=O)N1CCC2CCC(C1)N2. The summed E-state index contributed by atoms with van der Waals surface area (Å²) in [5.41, 5.74) is 0.100. The van der Waals surface area contributed by atoms with Gasteiger partial charge >= 0.3 is 5.63 Å². The van der Waals surface area contributed by atoms with Crippen molar-refractivity contribution in [2.24, 2.45) is 0 Å². The van der Waals surface area contributed by atoms with E-state index in [0.717, 1.165) is 18.2 Å². The number of hydrogen-bond acceptors (Lipinski definition) is 4. The second-order valence-electron chi connectivity index (χ2n) is 6.16. The van der Waals surface area contributed by atoms with Crippen molar-refractivity contribution in [1.29, 1.82) is 0 Å². The molecule has 1 amide bonds. The van der Waals surface area contributed by atoms with Crippen LogP contribution in [0.3, 0.4) is 0 Å². The molecule has 1 N–H and O–H groups in total. The average Bonchev–Trinajstić information content (AvgIpc) is 2.85. The Bertz CT molecular complexity index is 789. The second kappa shape index (κ2) is 6.34. The first-order valence-corrected chi connectivity index (χ1v) is 7.79. The molecule has 6 heteroatoms. The fourth-order valence-electron chi connectivity index (χ4n) is 3.51. The van der Waals surface area contributed by atoms with Gasteiger partial charge in [-0.25, -0.2) is 4.79 Å². The highest BCUT2D eigenvalue weighted by Gasteiger charge is 2.32. The number of para-hydroxylation sites is 1. The summed E-state index contributed by atoms with van der Waals surface area (Å²) in [5.74, 6) is -0.214. The zero-order chi connectivity index (χ0) is 15.1. The van der Waals surface area contributed by atoms with Crippen LogP contribution in [0.15, 0.2) is 39.5 Å². The molecule has 23 heavy (non-hydrogen) atoms. The van der Waals surface area contributed by atoms with Crippen LogP contribution >= 0.6 is 12.4 Å². The summed E-state index contributed by atoms with van der Waals surface area (Å²) in [6, 6.07) is 9.77. The van der Waals surface area contributed by atoms with Gasteiger partial charge < -0.3 is 14.6 Å². The highest BCUT2D eigenvalue weighted by atomic mass is 35.5. The third kappa shape index (κ3) is 2.99. The van der Waals surface area contributed by atoms with Crippen LogP contribution in [0.2, 0.25) is 0 Å². The van der Waals surface area contributed by atoms with Crippen LogP contribution in [0.5, 0.6) is 0 Å². The summed E-state index contributed by atoms with van der Waals surface area (Å²) in [6.07, 6.45) is 3.23. The van der Waals surface area contributed by atoms with E-state index in [4.69, 9.17) is 4.42 Å². The number of likely N-dealkylation sites (tertiary alicyclic amines) is 1. The van der Waals surface area contributed by atoms with Gasteiger partial charge in [0.1, 0.15) is 11.1 Å². The molecule has 2 unspecified atom stereocenters. The molecule has 2 saturated heterocycles. The third-order valence-corrected chi connectivity index (χ3v) is 4.68. The van der Waals surface area contributed by atoms with Crippen molar-refractivity contribution < 1.29 is 9.21 Å². The Hall–Kier alpha value is -1.85. The fourth-order valence-corrected chi connectivity index (χ4v) is 3.51. The molecule has 122 valence electrons. The zero-order valence-electron chi connectivity index (χ0n) is 12.7. The summed E-state index contributed by atoms with van der Waals surface area (Å²) >= 11 is 0. The van der Waals surface area contributed by atoms with Crippen LogP contribution < -0.4 is 10.9 Å². The normalized spacial score (nSPS) is 23.4. The maximum atomic E-state index is 12.7. The summed E-state index contributed by atoms with van der Waals surface area (Å²) in [7, 11) is 0. The standard InChI is InChI=1S/C17H18N2O3.ClH/c20-16(19-8-7-12-5-6-13(10-19)18-12)14-9-11-3-1-2-4-15(11)22-17(14)21;/h1-4,9,12-13,18H,5-8,10H2;1H. The van der Waals surface area contributed by atoms with Crippen LogP contribution in [0.1, 0.15) is 29.6 Å². The Kier molecular flexibility index (Phi) is 4.41. The molecule has 2 bridgehead atoms. The van der Waals surface area contributed by atoms with Crippen LogP contribution in [0.25, 0.3) is 11.0 Å². The van der Waals surface area contributed by atoms with Gasteiger partial charge in [0.2, 0.25) is 0 Å². The van der Waals surface area contributed by atoms with Crippen LogP contribution in [-0.2, 0) is 0 Å². The van der Waals surface area contributed by atoms with E-state index in [0.29, 0.717) is 30.8 Å². The summed E-state index contributed by atoms with van der Waals surface area (Å²) in [6.45, 7) is 1.36. The highest BCUT2D eigenvalue weighted by Crippen LogP contribution is 2.22. The Labute approximate surface area is 140 Å². The lowest BCUT2D eigenvalue weighted by Gasteiger charge is -2.23. The summed E-state index contributed by atoms with van der Waals surface area (Å²) in [5, 5.41) is 4.32. The fraction of sp³-hybridized carbons (Fsp3) is 0.412. The van der Waals surface area contributed by atoms with Gasteiger partial charge in [-0.05, 0) is 31.4 Å². The molecular formula is C17H19ClN2O3. The van der Waals surface area contributed by atoms with Gasteiger partial charge in [0.25, 0.3) is 5.91 Å². The van der Waals surface area contributed by atoms with E-state index in [-0.39, 0.29) is 23.9 Å². The molecule has 3 heterocycles. The number of nitrogens with one attached hydrogen (secondary N) is 1. The second-order valence-corrected chi connectivity index (χ2v) is 6.16. The number of rotatable bonds is 1. The monoisotopic (exact) mass is 334 g/mol. The minimum absolute atomic E-state index is 0. The van der Waals surface area contributed by atoms with E-state index in [9.17, 15) is 9.59 Å². The first-order chi connectivity index (χ1) is 10.7. The molecule has 5 nitrogen and oxygen atoms in total. The summed E-state index contributed by atoms with van der Waals surface area (Å²) in [4.78, 5) is 26.7. The Morgan fingerprint density at radius 3 is 2.83 bits per heavy atom. The van der Waals surface area contributed by atoms with E-state index in [1.54, 1.807) is 17.0 Å². The van der Waals surface area contributed by atoms with E-state index >= 15 is 0 Å². The lowest BCUT2D eigenvalue weighted by atomic mass is 10.1. The van der Waals surface area contributed by atoms with Crippen LogP contribution in [0.4, 0.5) is 0 Å². The molecule has 2 fully saturated rings. The van der Waals surface area contributed by atoms with E-state index < -0.39 is 5.63 Å². The van der Waals surface area contributed by atoms with Crippen molar-refractivity contribution in [2.75, 3.05) is 13.1 Å². The number of benzene rings is 1. The Morgan fingerprint density at radius 2 is 1.96 bits per heavy atom. The predicted molar refractivity (Wildman–Crippen MR) is 90.2 cm³/mol. The number of halogens is 1. The lowest BCUT2D eigenvalue weighted by Crippen LogP contribution is -2.40. The molecule has 2 atom stereocenters. The molecule has 2 aromatic rings. The number of fused-ring (bicyclic) bond motifs is 3. The lowest BCUT2D eigenvalue weighted by molar-refractivity contribution is 0.0744. The first kappa shape index (κ1) is 16.0. The van der Waals surface area contributed by atoms with Gasteiger partial charge in [-0.2, -0.15) is 0 Å². The van der Waals surface area contributed by atoms with Crippen LogP contribution in [-0.4, -0.2) is 36.0 Å². The molecule has 1 aromatic carbocycles. The maximum absolute atomic E-state index is 12.7. The molecule has 0 aliphatic carbocycles. The van der Waals surface area contributed by atoms with Gasteiger partial charge in [-0.3, -0.25) is 4.79 Å².